The van der Waals surface area contributed by atoms with Crippen LogP contribution in [0.25, 0.3) is 0 Å². The summed E-state index contributed by atoms with van der Waals surface area (Å²) >= 11 is 0. The molecule has 1 unspecified atom stereocenters. The third-order valence-corrected chi connectivity index (χ3v) is 3.46. The number of carbonyl (C=O) groups excluding carboxylic acids is 1. The van der Waals surface area contributed by atoms with Crippen LogP contribution in [0.2, 0.25) is 0 Å². The molecule has 1 atom stereocenters. The molecule has 0 saturated carbocycles. The first-order chi connectivity index (χ1) is 9.81. The molecule has 1 rings (SSSR count). The molecular weight excluding hydrogens is 272 g/mol. The zero-order valence-electron chi connectivity index (χ0n) is 13.3. The first-order valence-electron chi connectivity index (χ1n) is 7.56. The molecule has 0 spiro atoms. The van der Waals surface area contributed by atoms with E-state index in [-0.39, 0.29) is 18.0 Å². The largest absolute Gasteiger partial charge is 0.477 e. The van der Waals surface area contributed by atoms with Crippen molar-refractivity contribution in [1.82, 2.24) is 4.90 Å². The van der Waals surface area contributed by atoms with Crippen molar-refractivity contribution >= 4 is 17.6 Å². The standard InChI is InChI=1S/C15H26N2O4/c1-10(2)5-7-17(8-6-11(3)4)14(18)13-9-12(15(19)20)16-21-13/h10-11,13H,5-9H2,1-4H3,(H,19,20). The van der Waals surface area contributed by atoms with Crippen LogP contribution in [0.4, 0.5) is 0 Å². The highest BCUT2D eigenvalue weighted by Gasteiger charge is 2.34. The van der Waals surface area contributed by atoms with Gasteiger partial charge in [0.2, 0.25) is 6.10 Å². The number of carboxylic acids is 1. The first-order valence-corrected chi connectivity index (χ1v) is 7.56. The van der Waals surface area contributed by atoms with Crippen molar-refractivity contribution in [3.63, 3.8) is 0 Å². The second-order valence-electron chi connectivity index (χ2n) is 6.33. The molecule has 21 heavy (non-hydrogen) atoms. The summed E-state index contributed by atoms with van der Waals surface area (Å²) in [7, 11) is 0. The summed E-state index contributed by atoms with van der Waals surface area (Å²) in [6.07, 6.45) is 1.11. The minimum atomic E-state index is -1.12. The van der Waals surface area contributed by atoms with E-state index in [4.69, 9.17) is 9.94 Å². The molecular formula is C15H26N2O4. The Balaban J connectivity index is 2.60. The molecule has 6 heteroatoms. The van der Waals surface area contributed by atoms with Gasteiger partial charge in [0.1, 0.15) is 0 Å². The number of carboxylic acid groups (broad SMARTS) is 1. The van der Waals surface area contributed by atoms with Crippen molar-refractivity contribution in [3.05, 3.63) is 0 Å². The Morgan fingerprint density at radius 3 is 2.14 bits per heavy atom. The minimum Gasteiger partial charge on any atom is -0.477 e. The van der Waals surface area contributed by atoms with Crippen LogP contribution in [0, 0.1) is 11.8 Å². The fourth-order valence-corrected chi connectivity index (χ4v) is 2.00. The van der Waals surface area contributed by atoms with Gasteiger partial charge in [0.15, 0.2) is 5.71 Å². The van der Waals surface area contributed by atoms with Gasteiger partial charge in [-0.3, -0.25) is 4.79 Å². The third-order valence-electron chi connectivity index (χ3n) is 3.46. The highest BCUT2D eigenvalue weighted by Crippen LogP contribution is 2.16. The lowest BCUT2D eigenvalue weighted by atomic mass is 10.1. The molecule has 0 saturated heterocycles. The lowest BCUT2D eigenvalue weighted by Crippen LogP contribution is -2.41. The van der Waals surface area contributed by atoms with Gasteiger partial charge in [-0.15, -0.1) is 0 Å². The monoisotopic (exact) mass is 298 g/mol. The Morgan fingerprint density at radius 1 is 1.24 bits per heavy atom. The van der Waals surface area contributed by atoms with E-state index in [9.17, 15) is 9.59 Å². The molecule has 1 amide bonds. The smallest absolute Gasteiger partial charge is 0.353 e. The number of nitrogens with zero attached hydrogens (tertiary/aromatic N) is 2. The predicted molar refractivity (Wildman–Crippen MR) is 80.1 cm³/mol. The van der Waals surface area contributed by atoms with E-state index in [0.29, 0.717) is 24.9 Å². The minimum absolute atomic E-state index is 0.0496. The summed E-state index contributed by atoms with van der Waals surface area (Å²) in [5.74, 6) is -0.262. The summed E-state index contributed by atoms with van der Waals surface area (Å²) in [5, 5.41) is 12.3. The van der Waals surface area contributed by atoms with E-state index < -0.39 is 12.1 Å². The molecule has 0 fully saturated rings. The molecule has 0 radical (unpaired) electrons. The fraction of sp³-hybridized carbons (Fsp3) is 0.800. The van der Waals surface area contributed by atoms with Gasteiger partial charge in [-0.2, -0.15) is 0 Å². The van der Waals surface area contributed by atoms with Crippen molar-refractivity contribution in [2.75, 3.05) is 13.1 Å². The molecule has 0 aromatic heterocycles. The zero-order valence-corrected chi connectivity index (χ0v) is 13.3. The topological polar surface area (TPSA) is 79.2 Å². The number of amides is 1. The molecule has 0 aliphatic carbocycles. The van der Waals surface area contributed by atoms with Crippen molar-refractivity contribution in [2.24, 2.45) is 17.0 Å². The fourth-order valence-electron chi connectivity index (χ4n) is 2.00. The average Bonchev–Trinajstić information content (AvgIpc) is 2.87. The van der Waals surface area contributed by atoms with Gasteiger partial charge < -0.3 is 14.8 Å². The van der Waals surface area contributed by atoms with Gasteiger partial charge in [0.25, 0.3) is 5.91 Å². The number of rotatable bonds is 8. The first kappa shape index (κ1) is 17.5. The van der Waals surface area contributed by atoms with E-state index >= 15 is 0 Å². The molecule has 1 N–H and O–H groups in total. The second kappa shape index (κ2) is 8.00. The molecule has 120 valence electrons. The van der Waals surface area contributed by atoms with Gasteiger partial charge in [0, 0.05) is 19.5 Å². The lowest BCUT2D eigenvalue weighted by Gasteiger charge is -2.26. The van der Waals surface area contributed by atoms with Gasteiger partial charge in [0.05, 0.1) is 0 Å². The van der Waals surface area contributed by atoms with Gasteiger partial charge in [-0.05, 0) is 24.7 Å². The van der Waals surface area contributed by atoms with Gasteiger partial charge in [-0.25, -0.2) is 4.79 Å². The highest BCUT2D eigenvalue weighted by molar-refractivity contribution is 6.36. The number of hydrogen-bond donors (Lipinski definition) is 1. The summed E-state index contributed by atoms with van der Waals surface area (Å²) in [5.41, 5.74) is -0.0824. The average molecular weight is 298 g/mol. The van der Waals surface area contributed by atoms with Crippen LogP contribution >= 0.6 is 0 Å². The Labute approximate surface area is 126 Å². The van der Waals surface area contributed by atoms with Crippen LogP contribution in [0.15, 0.2) is 5.16 Å². The Bertz CT molecular complexity index is 392. The zero-order chi connectivity index (χ0) is 16.0. The normalized spacial score (nSPS) is 17.8. The Hall–Kier alpha value is -1.59. The molecule has 0 bridgehead atoms. The molecule has 1 aliphatic rings. The van der Waals surface area contributed by atoms with E-state index in [0.717, 1.165) is 12.8 Å². The van der Waals surface area contributed by atoms with Crippen molar-refractivity contribution in [2.45, 2.75) is 53.1 Å². The van der Waals surface area contributed by atoms with Crippen molar-refractivity contribution in [1.29, 1.82) is 0 Å². The number of oxime groups is 1. The number of hydrogen-bond acceptors (Lipinski definition) is 4. The summed E-state index contributed by atoms with van der Waals surface area (Å²) in [6, 6.07) is 0. The maximum absolute atomic E-state index is 12.5. The second-order valence-corrected chi connectivity index (χ2v) is 6.33. The lowest BCUT2D eigenvalue weighted by molar-refractivity contribution is -0.142. The van der Waals surface area contributed by atoms with E-state index in [1.807, 2.05) is 0 Å². The molecule has 6 nitrogen and oxygen atoms in total. The van der Waals surface area contributed by atoms with Gasteiger partial charge >= 0.3 is 5.97 Å². The molecule has 1 aliphatic heterocycles. The summed E-state index contributed by atoms with van der Waals surface area (Å²) < 4.78 is 0. The SMILES string of the molecule is CC(C)CCN(CCC(C)C)C(=O)C1CC(C(=O)O)=NO1. The van der Waals surface area contributed by atoms with Crippen LogP contribution in [-0.4, -0.2) is 46.8 Å². The van der Waals surface area contributed by atoms with Crippen LogP contribution < -0.4 is 0 Å². The quantitative estimate of drug-likeness (QED) is 0.744. The van der Waals surface area contributed by atoms with Crippen LogP contribution in [-0.2, 0) is 14.4 Å². The number of aliphatic carboxylic acids is 1. The Morgan fingerprint density at radius 2 is 1.76 bits per heavy atom. The van der Waals surface area contributed by atoms with Crippen LogP contribution in [0.5, 0.6) is 0 Å². The highest BCUT2D eigenvalue weighted by atomic mass is 16.6. The Kier molecular flexibility index (Phi) is 6.65. The van der Waals surface area contributed by atoms with Crippen molar-refractivity contribution < 1.29 is 19.5 Å². The number of carbonyl (C=O) groups is 2. The predicted octanol–water partition coefficient (Wildman–Crippen LogP) is 2.14. The summed E-state index contributed by atoms with van der Waals surface area (Å²) in [4.78, 5) is 30.1. The van der Waals surface area contributed by atoms with Gasteiger partial charge in [-0.1, -0.05) is 32.9 Å². The molecule has 1 heterocycles. The molecule has 0 aromatic rings. The third kappa shape index (κ3) is 5.73. The van der Waals surface area contributed by atoms with Crippen molar-refractivity contribution in [3.8, 4) is 0 Å². The van der Waals surface area contributed by atoms with E-state index in [1.165, 1.54) is 0 Å². The van der Waals surface area contributed by atoms with Crippen LogP contribution in [0.1, 0.15) is 47.0 Å². The maximum Gasteiger partial charge on any atom is 0.353 e. The van der Waals surface area contributed by atoms with E-state index in [1.54, 1.807) is 4.90 Å². The van der Waals surface area contributed by atoms with E-state index in [2.05, 4.69) is 32.9 Å². The van der Waals surface area contributed by atoms with Crippen LogP contribution in [0.3, 0.4) is 0 Å². The molecule has 0 aromatic carbocycles. The summed E-state index contributed by atoms with van der Waals surface area (Å²) in [6.45, 7) is 9.80. The maximum atomic E-state index is 12.5.